The summed E-state index contributed by atoms with van der Waals surface area (Å²) in [6.45, 7) is 4.38. The van der Waals surface area contributed by atoms with Gasteiger partial charge in [-0.3, -0.25) is 4.79 Å². The van der Waals surface area contributed by atoms with E-state index in [1.165, 1.54) is 35.3 Å². The van der Waals surface area contributed by atoms with Gasteiger partial charge in [-0.25, -0.2) is 14.1 Å². The van der Waals surface area contributed by atoms with Gasteiger partial charge >= 0.3 is 0 Å². The minimum absolute atomic E-state index is 0.0931. The molecule has 0 atom stereocenters. The molecule has 1 N–H and O–H groups in total. The first-order valence-electron chi connectivity index (χ1n) is 9.42. The third-order valence-electron chi connectivity index (χ3n) is 4.90. The molecule has 6 nitrogen and oxygen atoms in total. The van der Waals surface area contributed by atoms with E-state index >= 15 is 0 Å². The molecule has 3 aromatic rings. The fourth-order valence-corrected chi connectivity index (χ4v) is 3.37. The molecular formula is C21H22FN5O. The molecule has 0 unspecified atom stereocenters. The lowest BCUT2D eigenvalue weighted by atomic mass is 10.2. The van der Waals surface area contributed by atoms with Crippen LogP contribution in [0.5, 0.6) is 0 Å². The highest BCUT2D eigenvalue weighted by molar-refractivity contribution is 5.90. The average molecular weight is 379 g/mol. The van der Waals surface area contributed by atoms with Crippen molar-refractivity contribution in [1.29, 1.82) is 0 Å². The molecule has 0 saturated carbocycles. The summed E-state index contributed by atoms with van der Waals surface area (Å²) < 4.78 is 14.6. The molecule has 7 heteroatoms. The van der Waals surface area contributed by atoms with Crippen LogP contribution in [0.15, 0.2) is 48.5 Å². The Balaban J connectivity index is 1.40. The van der Waals surface area contributed by atoms with Crippen molar-refractivity contribution in [1.82, 2.24) is 20.1 Å². The van der Waals surface area contributed by atoms with Gasteiger partial charge in [0.25, 0.3) is 5.91 Å². The van der Waals surface area contributed by atoms with E-state index in [9.17, 15) is 9.18 Å². The summed E-state index contributed by atoms with van der Waals surface area (Å²) in [6, 6.07) is 14.1. The molecule has 1 aliphatic heterocycles. The van der Waals surface area contributed by atoms with Gasteiger partial charge in [-0.05, 0) is 61.7 Å². The number of benzene rings is 2. The first-order valence-corrected chi connectivity index (χ1v) is 9.42. The molecule has 0 aliphatic carbocycles. The highest BCUT2D eigenvalue weighted by atomic mass is 19.1. The lowest BCUT2D eigenvalue weighted by Crippen LogP contribution is -2.24. The Morgan fingerprint density at radius 2 is 1.68 bits per heavy atom. The van der Waals surface area contributed by atoms with Crippen LogP contribution in [0.25, 0.3) is 5.69 Å². The van der Waals surface area contributed by atoms with Crippen molar-refractivity contribution in [3.8, 4) is 5.69 Å². The van der Waals surface area contributed by atoms with E-state index in [1.54, 1.807) is 19.1 Å². The summed E-state index contributed by atoms with van der Waals surface area (Å²) in [5.41, 5.74) is 2.90. The van der Waals surface area contributed by atoms with E-state index in [0.29, 0.717) is 18.1 Å². The zero-order chi connectivity index (χ0) is 19.5. The van der Waals surface area contributed by atoms with Crippen LogP contribution >= 0.6 is 0 Å². The maximum absolute atomic E-state index is 13.1. The van der Waals surface area contributed by atoms with Crippen LogP contribution in [0.4, 0.5) is 10.1 Å². The third-order valence-corrected chi connectivity index (χ3v) is 4.90. The normalized spacial score (nSPS) is 13.7. The molecule has 1 amide bonds. The molecular weight excluding hydrogens is 357 g/mol. The van der Waals surface area contributed by atoms with Crippen molar-refractivity contribution >= 4 is 11.6 Å². The van der Waals surface area contributed by atoms with Gasteiger partial charge in [-0.2, -0.15) is 0 Å². The average Bonchev–Trinajstić information content (AvgIpc) is 3.37. The number of carbonyl (C=O) groups excluding carboxylic acids is 1. The minimum Gasteiger partial charge on any atom is -0.372 e. The summed E-state index contributed by atoms with van der Waals surface area (Å²) in [4.78, 5) is 19.0. The predicted octanol–water partition coefficient (Wildman–Crippen LogP) is 3.25. The molecule has 4 rings (SSSR count). The monoisotopic (exact) mass is 379 g/mol. The van der Waals surface area contributed by atoms with E-state index in [2.05, 4.69) is 32.4 Å². The van der Waals surface area contributed by atoms with Crippen LogP contribution < -0.4 is 10.2 Å². The first kappa shape index (κ1) is 18.2. The van der Waals surface area contributed by atoms with Crippen LogP contribution in [0.1, 0.15) is 34.8 Å². The largest absolute Gasteiger partial charge is 0.372 e. The van der Waals surface area contributed by atoms with Crippen LogP contribution in [-0.2, 0) is 6.54 Å². The van der Waals surface area contributed by atoms with Crippen LogP contribution in [0.3, 0.4) is 0 Å². The predicted molar refractivity (Wildman–Crippen MR) is 105 cm³/mol. The van der Waals surface area contributed by atoms with Gasteiger partial charge in [0.15, 0.2) is 0 Å². The van der Waals surface area contributed by atoms with Crippen LogP contribution in [0.2, 0.25) is 0 Å². The standard InChI is InChI=1S/C21H22FN5O/c1-15-24-20(25-27(15)19-10-6-17(22)7-11-19)21(28)23-14-16-4-8-18(9-5-16)26-12-2-3-13-26/h4-11H,2-3,12-14H2,1H3,(H,23,28). The Hall–Kier alpha value is -3.22. The Kier molecular flexibility index (Phi) is 5.06. The maximum atomic E-state index is 13.1. The summed E-state index contributed by atoms with van der Waals surface area (Å²) >= 11 is 0. The van der Waals surface area contributed by atoms with E-state index < -0.39 is 0 Å². The van der Waals surface area contributed by atoms with Crippen molar-refractivity contribution < 1.29 is 9.18 Å². The second kappa shape index (κ2) is 7.80. The second-order valence-electron chi connectivity index (χ2n) is 6.91. The number of nitrogens with zero attached hydrogens (tertiary/aromatic N) is 4. The van der Waals surface area contributed by atoms with E-state index in [0.717, 1.165) is 18.7 Å². The summed E-state index contributed by atoms with van der Waals surface area (Å²) in [6.07, 6.45) is 2.49. The van der Waals surface area contributed by atoms with Gasteiger partial charge in [0.2, 0.25) is 5.82 Å². The van der Waals surface area contributed by atoms with Crippen molar-refractivity contribution in [2.75, 3.05) is 18.0 Å². The molecule has 144 valence electrons. The quantitative estimate of drug-likeness (QED) is 0.739. The molecule has 0 bridgehead atoms. The van der Waals surface area contributed by atoms with Crippen molar-refractivity contribution in [3.05, 3.63) is 71.6 Å². The fraction of sp³-hybridized carbons (Fsp3) is 0.286. The molecule has 1 aromatic heterocycles. The summed E-state index contributed by atoms with van der Waals surface area (Å²) in [5.74, 6) is -0.00921. The van der Waals surface area contributed by atoms with Gasteiger partial charge in [-0.15, -0.1) is 5.10 Å². The summed E-state index contributed by atoms with van der Waals surface area (Å²) in [7, 11) is 0. The Morgan fingerprint density at radius 1 is 1.04 bits per heavy atom. The number of anilines is 1. The number of rotatable bonds is 5. The minimum atomic E-state index is -0.340. The van der Waals surface area contributed by atoms with Gasteiger partial charge in [-0.1, -0.05) is 12.1 Å². The maximum Gasteiger partial charge on any atom is 0.291 e. The van der Waals surface area contributed by atoms with Crippen LogP contribution in [-0.4, -0.2) is 33.8 Å². The second-order valence-corrected chi connectivity index (χ2v) is 6.91. The number of nitrogens with one attached hydrogen (secondary N) is 1. The smallest absolute Gasteiger partial charge is 0.291 e. The van der Waals surface area contributed by atoms with Crippen molar-refractivity contribution in [2.24, 2.45) is 0 Å². The number of aryl methyl sites for hydroxylation is 1. The highest BCUT2D eigenvalue weighted by Gasteiger charge is 2.16. The number of hydrogen-bond acceptors (Lipinski definition) is 4. The van der Waals surface area contributed by atoms with Gasteiger partial charge < -0.3 is 10.2 Å². The molecule has 2 heterocycles. The Bertz CT molecular complexity index is 959. The molecule has 1 aliphatic rings. The molecule has 28 heavy (non-hydrogen) atoms. The molecule has 2 aromatic carbocycles. The van der Waals surface area contributed by atoms with Gasteiger partial charge in [0.1, 0.15) is 11.6 Å². The van der Waals surface area contributed by atoms with E-state index in [-0.39, 0.29) is 17.5 Å². The Morgan fingerprint density at radius 3 is 2.36 bits per heavy atom. The lowest BCUT2D eigenvalue weighted by Gasteiger charge is -2.17. The third kappa shape index (κ3) is 3.88. The molecule has 1 saturated heterocycles. The topological polar surface area (TPSA) is 63.1 Å². The number of hydrogen-bond donors (Lipinski definition) is 1. The van der Waals surface area contributed by atoms with Crippen LogP contribution in [0, 0.1) is 12.7 Å². The van der Waals surface area contributed by atoms with E-state index in [4.69, 9.17) is 0 Å². The van der Waals surface area contributed by atoms with Gasteiger partial charge in [0.05, 0.1) is 5.69 Å². The molecule has 0 radical (unpaired) electrons. The molecule has 0 spiro atoms. The van der Waals surface area contributed by atoms with Gasteiger partial charge in [0, 0.05) is 25.3 Å². The number of halogens is 1. The van der Waals surface area contributed by atoms with E-state index in [1.807, 2.05) is 12.1 Å². The first-order chi connectivity index (χ1) is 13.6. The fourth-order valence-electron chi connectivity index (χ4n) is 3.37. The SMILES string of the molecule is Cc1nc(C(=O)NCc2ccc(N3CCCC3)cc2)nn1-c1ccc(F)cc1. The zero-order valence-electron chi connectivity index (χ0n) is 15.7. The van der Waals surface area contributed by atoms with Crippen molar-refractivity contribution in [3.63, 3.8) is 0 Å². The number of amides is 1. The Labute approximate surface area is 163 Å². The van der Waals surface area contributed by atoms with Crippen molar-refractivity contribution in [2.45, 2.75) is 26.3 Å². The zero-order valence-corrected chi connectivity index (χ0v) is 15.7. The highest BCUT2D eigenvalue weighted by Crippen LogP contribution is 2.20. The molecule has 1 fully saturated rings. The summed E-state index contributed by atoms with van der Waals surface area (Å²) in [5, 5.41) is 7.11. The lowest BCUT2D eigenvalue weighted by molar-refractivity contribution is 0.0940. The number of carbonyl (C=O) groups is 1. The number of aromatic nitrogens is 3.